The van der Waals surface area contributed by atoms with Gasteiger partial charge in [0.05, 0.1) is 5.56 Å². The second-order valence-corrected chi connectivity index (χ2v) is 5.08. The summed E-state index contributed by atoms with van der Waals surface area (Å²) in [5.41, 5.74) is 2.61. The van der Waals surface area contributed by atoms with Crippen molar-refractivity contribution in [3.63, 3.8) is 0 Å². The molecule has 0 bridgehead atoms. The number of hydrogen-bond donors (Lipinski definition) is 0. The maximum absolute atomic E-state index is 13.9. The highest BCUT2D eigenvalue weighted by Crippen LogP contribution is 2.29. The second-order valence-electron chi connectivity index (χ2n) is 5.08. The number of hydrogen-bond acceptors (Lipinski definition) is 2. The van der Waals surface area contributed by atoms with Crippen LogP contribution in [0.5, 0.6) is 5.75 Å². The van der Waals surface area contributed by atoms with Gasteiger partial charge in [-0.25, -0.2) is 4.39 Å². The zero-order valence-electron chi connectivity index (χ0n) is 12.4. The van der Waals surface area contributed by atoms with Gasteiger partial charge in [-0.1, -0.05) is 54.6 Å². The van der Waals surface area contributed by atoms with Crippen molar-refractivity contribution in [1.29, 1.82) is 5.26 Å². The van der Waals surface area contributed by atoms with Crippen LogP contribution >= 0.6 is 0 Å². The van der Waals surface area contributed by atoms with Gasteiger partial charge in [0.15, 0.2) is 0 Å². The van der Waals surface area contributed by atoms with Crippen LogP contribution in [0.2, 0.25) is 0 Å². The minimum Gasteiger partial charge on any atom is -0.488 e. The Bertz CT molecular complexity index is 853. The van der Waals surface area contributed by atoms with E-state index >= 15 is 0 Å². The molecule has 0 N–H and O–H groups in total. The van der Waals surface area contributed by atoms with E-state index in [0.717, 1.165) is 5.56 Å². The lowest BCUT2D eigenvalue weighted by Crippen LogP contribution is -1.97. The highest BCUT2D eigenvalue weighted by atomic mass is 19.1. The molecule has 0 aliphatic rings. The molecule has 0 aliphatic carbocycles. The van der Waals surface area contributed by atoms with Gasteiger partial charge in [0, 0.05) is 5.56 Å². The minimum atomic E-state index is -0.300. The molecule has 3 rings (SSSR count). The van der Waals surface area contributed by atoms with Crippen molar-refractivity contribution in [2.45, 2.75) is 6.61 Å². The van der Waals surface area contributed by atoms with Crippen LogP contribution in [0.15, 0.2) is 72.8 Å². The summed E-state index contributed by atoms with van der Waals surface area (Å²) in [5, 5.41) is 9.23. The molecule has 23 heavy (non-hydrogen) atoms. The van der Waals surface area contributed by atoms with E-state index in [1.807, 2.05) is 30.3 Å². The lowest BCUT2D eigenvalue weighted by Gasteiger charge is -2.10. The summed E-state index contributed by atoms with van der Waals surface area (Å²) >= 11 is 0. The summed E-state index contributed by atoms with van der Waals surface area (Å²) in [5.74, 6) is 0.156. The molecule has 0 aliphatic heterocycles. The van der Waals surface area contributed by atoms with Crippen molar-refractivity contribution in [3.05, 3.63) is 89.7 Å². The minimum absolute atomic E-state index is 0.300. The third-order valence-electron chi connectivity index (χ3n) is 3.52. The third kappa shape index (κ3) is 3.38. The van der Waals surface area contributed by atoms with Crippen molar-refractivity contribution in [3.8, 4) is 22.9 Å². The van der Waals surface area contributed by atoms with Gasteiger partial charge in [0.2, 0.25) is 0 Å². The van der Waals surface area contributed by atoms with Gasteiger partial charge < -0.3 is 4.74 Å². The van der Waals surface area contributed by atoms with Gasteiger partial charge >= 0.3 is 0 Å². The lowest BCUT2D eigenvalue weighted by atomic mass is 10.0. The Hall–Kier alpha value is -3.12. The predicted molar refractivity (Wildman–Crippen MR) is 87.3 cm³/mol. The summed E-state index contributed by atoms with van der Waals surface area (Å²) in [7, 11) is 0. The van der Waals surface area contributed by atoms with E-state index in [0.29, 0.717) is 29.0 Å². The van der Waals surface area contributed by atoms with E-state index in [1.54, 1.807) is 36.4 Å². The molecular formula is C20H14FNO. The highest BCUT2D eigenvalue weighted by Gasteiger charge is 2.09. The van der Waals surface area contributed by atoms with E-state index in [9.17, 15) is 9.65 Å². The van der Waals surface area contributed by atoms with Gasteiger partial charge in [0.1, 0.15) is 24.2 Å². The molecule has 0 atom stereocenters. The molecule has 0 heterocycles. The van der Waals surface area contributed by atoms with E-state index in [2.05, 4.69) is 6.07 Å². The van der Waals surface area contributed by atoms with Gasteiger partial charge in [-0.15, -0.1) is 0 Å². The molecule has 3 heteroatoms. The molecule has 0 aromatic heterocycles. The fourth-order valence-electron chi connectivity index (χ4n) is 2.33. The number of ether oxygens (including phenoxy) is 1. The average Bonchev–Trinajstić information content (AvgIpc) is 2.61. The van der Waals surface area contributed by atoms with E-state index in [-0.39, 0.29) is 5.82 Å². The molecule has 0 saturated heterocycles. The molecule has 2 nitrogen and oxygen atoms in total. The van der Waals surface area contributed by atoms with Crippen molar-refractivity contribution in [1.82, 2.24) is 0 Å². The van der Waals surface area contributed by atoms with Crippen molar-refractivity contribution >= 4 is 0 Å². The Morgan fingerprint density at radius 3 is 2.39 bits per heavy atom. The average molecular weight is 303 g/mol. The standard InChI is InChI=1S/C20H14FNO/c21-19-9-5-4-8-18(19)16-10-11-17(13-22)20(12-16)23-14-15-6-2-1-3-7-15/h1-12H,14H2. The molecule has 0 spiro atoms. The summed E-state index contributed by atoms with van der Waals surface area (Å²) in [4.78, 5) is 0. The van der Waals surface area contributed by atoms with Crippen LogP contribution in [0.25, 0.3) is 11.1 Å². The number of rotatable bonds is 4. The van der Waals surface area contributed by atoms with E-state index in [1.165, 1.54) is 6.07 Å². The van der Waals surface area contributed by atoms with Crippen LogP contribution in [0.1, 0.15) is 11.1 Å². The number of nitriles is 1. The first-order chi connectivity index (χ1) is 11.3. The second kappa shape index (κ2) is 6.76. The summed E-state index contributed by atoms with van der Waals surface area (Å²) < 4.78 is 19.7. The molecule has 112 valence electrons. The highest BCUT2D eigenvalue weighted by molar-refractivity contribution is 5.67. The third-order valence-corrected chi connectivity index (χ3v) is 3.52. The number of benzene rings is 3. The molecule has 0 saturated carbocycles. The summed E-state index contributed by atoms with van der Waals surface area (Å²) in [6, 6.07) is 23.4. The number of nitrogens with zero attached hydrogens (tertiary/aromatic N) is 1. The molecule has 0 fully saturated rings. The van der Waals surface area contributed by atoms with Crippen LogP contribution < -0.4 is 4.74 Å². The van der Waals surface area contributed by atoms with Gasteiger partial charge in [-0.2, -0.15) is 5.26 Å². The molecule has 0 radical (unpaired) electrons. The van der Waals surface area contributed by atoms with Crippen molar-refractivity contribution < 1.29 is 9.13 Å². The van der Waals surface area contributed by atoms with E-state index < -0.39 is 0 Å². The summed E-state index contributed by atoms with van der Waals surface area (Å²) in [6.45, 7) is 0.357. The fourth-order valence-corrected chi connectivity index (χ4v) is 2.33. The van der Waals surface area contributed by atoms with Gasteiger partial charge in [0.25, 0.3) is 0 Å². The molecular weight excluding hydrogens is 289 g/mol. The van der Waals surface area contributed by atoms with Crippen LogP contribution in [-0.2, 0) is 6.61 Å². The molecule has 3 aromatic rings. The van der Waals surface area contributed by atoms with Crippen LogP contribution in [0, 0.1) is 17.1 Å². The quantitative estimate of drug-likeness (QED) is 0.683. The maximum atomic E-state index is 13.9. The normalized spacial score (nSPS) is 10.1. The maximum Gasteiger partial charge on any atom is 0.138 e. The Labute approximate surface area is 134 Å². The topological polar surface area (TPSA) is 33.0 Å². The predicted octanol–water partition coefficient (Wildman–Crippen LogP) is 4.94. The Morgan fingerprint density at radius 2 is 1.65 bits per heavy atom. The Morgan fingerprint density at radius 1 is 0.913 bits per heavy atom. The van der Waals surface area contributed by atoms with Gasteiger partial charge in [-0.05, 0) is 29.3 Å². The van der Waals surface area contributed by atoms with E-state index in [4.69, 9.17) is 4.74 Å². The van der Waals surface area contributed by atoms with Crippen LogP contribution in [0.4, 0.5) is 4.39 Å². The summed E-state index contributed by atoms with van der Waals surface area (Å²) in [6.07, 6.45) is 0. The first-order valence-corrected chi connectivity index (χ1v) is 7.24. The Kier molecular flexibility index (Phi) is 4.35. The smallest absolute Gasteiger partial charge is 0.138 e. The Balaban J connectivity index is 1.91. The number of halogens is 1. The molecule has 0 unspecified atom stereocenters. The zero-order valence-corrected chi connectivity index (χ0v) is 12.4. The van der Waals surface area contributed by atoms with Crippen LogP contribution in [-0.4, -0.2) is 0 Å². The van der Waals surface area contributed by atoms with Crippen molar-refractivity contribution in [2.75, 3.05) is 0 Å². The fraction of sp³-hybridized carbons (Fsp3) is 0.0500. The van der Waals surface area contributed by atoms with Crippen LogP contribution in [0.3, 0.4) is 0 Å². The SMILES string of the molecule is N#Cc1ccc(-c2ccccc2F)cc1OCc1ccccc1. The van der Waals surface area contributed by atoms with Gasteiger partial charge in [-0.3, -0.25) is 0 Å². The zero-order chi connectivity index (χ0) is 16.1. The molecule has 3 aromatic carbocycles. The first kappa shape index (κ1) is 14.8. The largest absolute Gasteiger partial charge is 0.488 e. The van der Waals surface area contributed by atoms with Crippen molar-refractivity contribution in [2.24, 2.45) is 0 Å². The molecule has 0 amide bonds. The monoisotopic (exact) mass is 303 g/mol. The lowest BCUT2D eigenvalue weighted by molar-refractivity contribution is 0.305. The first-order valence-electron chi connectivity index (χ1n) is 7.24.